The van der Waals surface area contributed by atoms with E-state index in [0.29, 0.717) is 24.6 Å². The highest BCUT2D eigenvalue weighted by Gasteiger charge is 2.16. The van der Waals surface area contributed by atoms with Crippen LogP contribution in [0.2, 0.25) is 0 Å². The molecule has 0 saturated carbocycles. The van der Waals surface area contributed by atoms with Crippen LogP contribution in [0.1, 0.15) is 37.9 Å². The molecule has 2 aromatic carbocycles. The Hall–Kier alpha value is -4.73. The Bertz CT molecular complexity index is 1380. The van der Waals surface area contributed by atoms with Gasteiger partial charge in [0.1, 0.15) is 34.9 Å². The summed E-state index contributed by atoms with van der Waals surface area (Å²) >= 11 is 0. The van der Waals surface area contributed by atoms with Gasteiger partial charge in [0.2, 0.25) is 0 Å². The summed E-state index contributed by atoms with van der Waals surface area (Å²) < 4.78 is 10.8. The Morgan fingerprint density at radius 3 is 2.43 bits per heavy atom. The van der Waals surface area contributed by atoms with Crippen LogP contribution < -0.4 is 15.4 Å². The molecule has 0 atom stereocenters. The van der Waals surface area contributed by atoms with Crippen LogP contribution in [0.5, 0.6) is 11.5 Å². The molecule has 0 bridgehead atoms. The summed E-state index contributed by atoms with van der Waals surface area (Å²) in [6.45, 7) is 1.08. The average molecular weight is 471 g/mol. The van der Waals surface area contributed by atoms with E-state index in [9.17, 15) is 14.7 Å². The lowest BCUT2D eigenvalue weighted by atomic mass is 10.1. The maximum Gasteiger partial charge on any atom is 0.270 e. The molecule has 5 rings (SSSR count). The summed E-state index contributed by atoms with van der Waals surface area (Å²) in [4.78, 5) is 33.1. The van der Waals surface area contributed by atoms with E-state index >= 15 is 0 Å². The van der Waals surface area contributed by atoms with Crippen molar-refractivity contribution in [2.75, 3.05) is 6.61 Å². The van der Waals surface area contributed by atoms with Crippen molar-refractivity contribution in [2.24, 2.45) is 0 Å². The van der Waals surface area contributed by atoms with Crippen molar-refractivity contribution < 1.29 is 24.0 Å². The number of benzene rings is 2. The molecule has 176 valence electrons. The third-order valence-electron chi connectivity index (χ3n) is 5.48. The van der Waals surface area contributed by atoms with Crippen LogP contribution in [-0.2, 0) is 19.5 Å². The summed E-state index contributed by atoms with van der Waals surface area (Å²) in [7, 11) is 0. The third kappa shape index (κ3) is 5.11. The highest BCUT2D eigenvalue weighted by Crippen LogP contribution is 2.26. The van der Waals surface area contributed by atoms with E-state index in [-0.39, 0.29) is 23.7 Å². The molecule has 3 heterocycles. The number of aromatic nitrogens is 3. The number of carbonyl (C=O) groups is 2. The van der Waals surface area contributed by atoms with Gasteiger partial charge in [0.05, 0.1) is 13.2 Å². The van der Waals surface area contributed by atoms with Crippen molar-refractivity contribution in [1.82, 2.24) is 25.8 Å². The van der Waals surface area contributed by atoms with Crippen LogP contribution >= 0.6 is 0 Å². The number of fused-ring (bicyclic) bond motifs is 1. The molecular weight excluding hydrogens is 450 g/mol. The number of phenols is 1. The largest absolute Gasteiger partial charge is 0.508 e. The minimum Gasteiger partial charge on any atom is -0.508 e. The van der Waals surface area contributed by atoms with Gasteiger partial charge in [0.25, 0.3) is 11.8 Å². The van der Waals surface area contributed by atoms with E-state index < -0.39 is 11.8 Å². The molecule has 0 spiro atoms. The Morgan fingerprint density at radius 2 is 1.66 bits per heavy atom. The van der Waals surface area contributed by atoms with E-state index in [4.69, 9.17) is 9.26 Å². The number of phenolic OH excluding ortho intramolecular Hbond substituents is 1. The number of aromatic hydroxyl groups is 1. The molecule has 0 fully saturated rings. The fourth-order valence-electron chi connectivity index (χ4n) is 3.65. The molecule has 1 aliphatic rings. The van der Waals surface area contributed by atoms with Gasteiger partial charge >= 0.3 is 0 Å². The van der Waals surface area contributed by atoms with Crippen molar-refractivity contribution in [2.45, 2.75) is 19.5 Å². The smallest absolute Gasteiger partial charge is 0.270 e. The lowest BCUT2D eigenvalue weighted by Crippen LogP contribution is -2.27. The summed E-state index contributed by atoms with van der Waals surface area (Å²) in [6, 6.07) is 15.4. The SMILES string of the molecule is O=C(NCc1ccc2c(c1)CCO2)c1cc(C(=O)NCc2cc(-c3ccc(O)cc3)no2)ncn1. The van der Waals surface area contributed by atoms with Crippen molar-refractivity contribution in [1.29, 1.82) is 0 Å². The molecular formula is C25H21N5O5. The zero-order chi connectivity index (χ0) is 24.2. The molecule has 0 saturated heterocycles. The van der Waals surface area contributed by atoms with Gasteiger partial charge in [-0.2, -0.15) is 0 Å². The number of nitrogens with zero attached hydrogens (tertiary/aromatic N) is 3. The lowest BCUT2D eigenvalue weighted by molar-refractivity contribution is 0.0941. The molecule has 10 nitrogen and oxygen atoms in total. The zero-order valence-corrected chi connectivity index (χ0v) is 18.5. The number of carbonyl (C=O) groups excluding carboxylic acids is 2. The van der Waals surface area contributed by atoms with Crippen molar-refractivity contribution in [3.8, 4) is 22.8 Å². The minimum atomic E-state index is -0.484. The molecule has 10 heteroatoms. The number of rotatable bonds is 7. The van der Waals surface area contributed by atoms with Crippen LogP contribution in [0.4, 0.5) is 0 Å². The van der Waals surface area contributed by atoms with Gasteiger partial charge in [-0.15, -0.1) is 0 Å². The maximum atomic E-state index is 12.6. The van der Waals surface area contributed by atoms with Gasteiger partial charge in [-0.3, -0.25) is 9.59 Å². The zero-order valence-electron chi connectivity index (χ0n) is 18.5. The summed E-state index contributed by atoms with van der Waals surface area (Å²) in [5.41, 5.74) is 3.56. The van der Waals surface area contributed by atoms with Crippen LogP contribution in [0.3, 0.4) is 0 Å². The van der Waals surface area contributed by atoms with Crippen LogP contribution in [0, 0.1) is 0 Å². The second-order valence-corrected chi connectivity index (χ2v) is 7.92. The van der Waals surface area contributed by atoms with Crippen LogP contribution in [0.15, 0.2) is 65.4 Å². The molecule has 0 unspecified atom stereocenters. The van der Waals surface area contributed by atoms with Gasteiger partial charge in [0, 0.05) is 30.7 Å². The number of ether oxygens (including phenoxy) is 1. The number of hydrogen-bond acceptors (Lipinski definition) is 8. The molecule has 0 aliphatic carbocycles. The first-order chi connectivity index (χ1) is 17.0. The van der Waals surface area contributed by atoms with E-state index in [0.717, 1.165) is 28.9 Å². The highest BCUT2D eigenvalue weighted by molar-refractivity contribution is 5.97. The standard InChI is InChI=1S/C25H21N5O5/c31-18-4-2-16(3-5-18)20-10-19(35-30-20)13-27-25(33)22-11-21(28-14-29-22)24(32)26-12-15-1-6-23-17(9-15)7-8-34-23/h1-6,9-11,14,31H,7-8,12-13H2,(H,26,32)(H,27,33). The molecule has 3 N–H and O–H groups in total. The first kappa shape index (κ1) is 22.1. The normalized spacial score (nSPS) is 12.0. The van der Waals surface area contributed by atoms with Crippen LogP contribution in [-0.4, -0.2) is 38.7 Å². The van der Waals surface area contributed by atoms with E-state index in [2.05, 4.69) is 25.8 Å². The van der Waals surface area contributed by atoms with Gasteiger partial charge in [-0.05, 0) is 41.5 Å². The average Bonchev–Trinajstić information content (AvgIpc) is 3.56. The summed E-state index contributed by atoms with van der Waals surface area (Å²) in [6.07, 6.45) is 2.03. The first-order valence-electron chi connectivity index (χ1n) is 10.9. The molecule has 2 aromatic heterocycles. The Balaban J connectivity index is 1.17. The van der Waals surface area contributed by atoms with E-state index in [1.165, 1.54) is 12.4 Å². The predicted octanol–water partition coefficient (Wildman–Crippen LogP) is 2.63. The van der Waals surface area contributed by atoms with Crippen LogP contribution in [0.25, 0.3) is 11.3 Å². The highest BCUT2D eigenvalue weighted by atomic mass is 16.5. The second-order valence-electron chi connectivity index (χ2n) is 7.92. The monoisotopic (exact) mass is 471 g/mol. The Labute approximate surface area is 200 Å². The topological polar surface area (TPSA) is 139 Å². The maximum absolute atomic E-state index is 12.6. The minimum absolute atomic E-state index is 0.0538. The third-order valence-corrected chi connectivity index (χ3v) is 5.48. The molecule has 35 heavy (non-hydrogen) atoms. The quantitative estimate of drug-likeness (QED) is 0.374. The first-order valence-corrected chi connectivity index (χ1v) is 10.9. The van der Waals surface area contributed by atoms with Gasteiger partial charge in [-0.25, -0.2) is 9.97 Å². The number of amides is 2. The summed E-state index contributed by atoms with van der Waals surface area (Å²) in [5, 5.41) is 18.9. The van der Waals surface area contributed by atoms with Gasteiger partial charge in [0.15, 0.2) is 5.76 Å². The molecule has 2 amide bonds. The van der Waals surface area contributed by atoms with E-state index in [1.807, 2.05) is 18.2 Å². The Morgan fingerprint density at radius 1 is 0.914 bits per heavy atom. The predicted molar refractivity (Wildman–Crippen MR) is 124 cm³/mol. The Kier molecular flexibility index (Phi) is 6.08. The lowest BCUT2D eigenvalue weighted by Gasteiger charge is -2.07. The molecule has 1 aliphatic heterocycles. The molecule has 0 radical (unpaired) electrons. The van der Waals surface area contributed by atoms with Crippen molar-refractivity contribution >= 4 is 11.8 Å². The molecule has 4 aromatic rings. The summed E-state index contributed by atoms with van der Waals surface area (Å²) in [5.74, 6) is 0.581. The number of hydrogen-bond donors (Lipinski definition) is 3. The number of nitrogens with one attached hydrogen (secondary N) is 2. The van der Waals surface area contributed by atoms with Gasteiger partial charge in [-0.1, -0.05) is 17.3 Å². The van der Waals surface area contributed by atoms with Gasteiger partial charge < -0.3 is 25.0 Å². The second kappa shape index (κ2) is 9.64. The van der Waals surface area contributed by atoms with Crippen molar-refractivity contribution in [3.63, 3.8) is 0 Å². The van der Waals surface area contributed by atoms with Crippen molar-refractivity contribution in [3.05, 3.63) is 89.2 Å². The fourth-order valence-corrected chi connectivity index (χ4v) is 3.65. The van der Waals surface area contributed by atoms with E-state index in [1.54, 1.807) is 30.3 Å². The fraction of sp³-hybridized carbons (Fsp3) is 0.160.